The fraction of sp³-hybridized carbons (Fsp3) is 0.208. The van der Waals surface area contributed by atoms with Gasteiger partial charge in [0.25, 0.3) is 11.8 Å². The van der Waals surface area contributed by atoms with E-state index in [1.54, 1.807) is 12.1 Å². The van der Waals surface area contributed by atoms with Gasteiger partial charge in [-0.3, -0.25) is 14.4 Å². The molecular formula is C24H17ClF3N3O4. The molecule has 0 aliphatic carbocycles. The zero-order chi connectivity index (χ0) is 25.0. The third-order valence-corrected chi connectivity index (χ3v) is 6.56. The molecule has 3 aromatic rings. The van der Waals surface area contributed by atoms with Gasteiger partial charge in [-0.25, -0.2) is 13.2 Å². The third kappa shape index (κ3) is 3.83. The lowest BCUT2D eigenvalue weighted by Gasteiger charge is -2.35. The number of nitrogens with zero attached hydrogens (tertiary/aromatic N) is 2. The number of benzene rings is 2. The second kappa shape index (κ2) is 8.46. The maximum absolute atomic E-state index is 13.9. The Labute approximate surface area is 201 Å². The van der Waals surface area contributed by atoms with Crippen LogP contribution >= 0.6 is 11.6 Å². The lowest BCUT2D eigenvalue weighted by atomic mass is 9.97. The molecular weight excluding hydrogens is 487 g/mol. The smallest absolute Gasteiger partial charge is 0.274 e. The number of carbonyl (C=O) groups excluding carboxylic acids is 2. The van der Waals surface area contributed by atoms with E-state index in [1.807, 2.05) is 6.07 Å². The number of hydrogen-bond acceptors (Lipinski definition) is 4. The summed E-state index contributed by atoms with van der Waals surface area (Å²) in [5.41, 5.74) is -0.782. The molecule has 3 heterocycles. The predicted molar refractivity (Wildman–Crippen MR) is 119 cm³/mol. The summed E-state index contributed by atoms with van der Waals surface area (Å²) in [6, 6.07) is 5.70. The SMILES string of the molecule is O=C(NCc1c(F)cc(F)cc1F)c1cn2c(c(O)c1=O)C(=O)N1CCc3ccc(Cl)cc3[C@H]2C1. The largest absolute Gasteiger partial charge is 0.503 e. The summed E-state index contributed by atoms with van der Waals surface area (Å²) in [6.45, 7) is -0.0729. The van der Waals surface area contributed by atoms with E-state index >= 15 is 0 Å². The summed E-state index contributed by atoms with van der Waals surface area (Å²) in [4.78, 5) is 40.2. The molecule has 2 aliphatic rings. The van der Waals surface area contributed by atoms with Crippen molar-refractivity contribution in [1.29, 1.82) is 0 Å². The molecule has 0 saturated carbocycles. The number of rotatable bonds is 3. The zero-order valence-corrected chi connectivity index (χ0v) is 18.7. The molecule has 11 heteroatoms. The molecule has 2 bridgehead atoms. The van der Waals surface area contributed by atoms with Crippen LogP contribution in [0.1, 0.15) is 43.6 Å². The van der Waals surface area contributed by atoms with Crippen LogP contribution in [0.3, 0.4) is 0 Å². The third-order valence-electron chi connectivity index (χ3n) is 6.32. The van der Waals surface area contributed by atoms with Crippen molar-refractivity contribution >= 4 is 23.4 Å². The molecule has 2 N–H and O–H groups in total. The van der Waals surface area contributed by atoms with Crippen LogP contribution in [-0.4, -0.2) is 39.5 Å². The Hall–Kier alpha value is -3.79. The average molecular weight is 504 g/mol. The minimum Gasteiger partial charge on any atom is -0.503 e. The molecule has 7 nitrogen and oxygen atoms in total. The molecule has 1 atom stereocenters. The van der Waals surface area contributed by atoms with Crippen molar-refractivity contribution in [3.63, 3.8) is 0 Å². The first-order valence-electron chi connectivity index (χ1n) is 10.6. The van der Waals surface area contributed by atoms with Crippen LogP contribution in [0.2, 0.25) is 5.02 Å². The van der Waals surface area contributed by atoms with Crippen molar-refractivity contribution in [2.45, 2.75) is 19.0 Å². The van der Waals surface area contributed by atoms with Gasteiger partial charge in [0.1, 0.15) is 23.0 Å². The molecule has 2 amide bonds. The monoisotopic (exact) mass is 503 g/mol. The highest BCUT2D eigenvalue weighted by atomic mass is 35.5. The maximum atomic E-state index is 13.9. The molecule has 0 radical (unpaired) electrons. The molecule has 0 spiro atoms. The standard InChI is InChI=1S/C24H17ClF3N3O4/c25-12-2-1-11-3-4-30-10-19(14(11)5-12)31-9-16(21(32)22(33)20(31)24(30)35)23(34)29-8-15-17(27)6-13(26)7-18(15)28/h1-2,5-7,9,19,33H,3-4,8,10H2,(H,29,34)/t19-/m1/s1. The summed E-state index contributed by atoms with van der Waals surface area (Å²) >= 11 is 6.20. The van der Waals surface area contributed by atoms with Crippen molar-refractivity contribution in [2.75, 3.05) is 13.1 Å². The highest BCUT2D eigenvalue weighted by Gasteiger charge is 2.38. The molecule has 0 unspecified atom stereocenters. The van der Waals surface area contributed by atoms with E-state index in [-0.39, 0.29) is 12.2 Å². The molecule has 0 saturated heterocycles. The Morgan fingerprint density at radius 2 is 1.86 bits per heavy atom. The van der Waals surface area contributed by atoms with Crippen LogP contribution in [0.15, 0.2) is 41.3 Å². The first-order valence-corrected chi connectivity index (χ1v) is 11.0. The van der Waals surface area contributed by atoms with Gasteiger partial charge in [0.15, 0.2) is 11.4 Å². The van der Waals surface area contributed by atoms with Crippen molar-refractivity contribution < 1.29 is 27.9 Å². The van der Waals surface area contributed by atoms with Gasteiger partial charge >= 0.3 is 0 Å². The number of halogens is 4. The Balaban J connectivity index is 1.56. The normalized spacial score (nSPS) is 16.4. The molecule has 35 heavy (non-hydrogen) atoms. The summed E-state index contributed by atoms with van der Waals surface area (Å²) < 4.78 is 42.4. The van der Waals surface area contributed by atoms with Crippen LogP contribution in [0.5, 0.6) is 5.75 Å². The number of aromatic nitrogens is 1. The summed E-state index contributed by atoms with van der Waals surface area (Å²) in [7, 11) is 0. The minimum absolute atomic E-state index is 0.231. The van der Waals surface area contributed by atoms with E-state index in [1.165, 1.54) is 9.47 Å². The molecule has 0 fully saturated rings. The topological polar surface area (TPSA) is 91.6 Å². The van der Waals surface area contributed by atoms with Gasteiger partial charge in [0.2, 0.25) is 5.43 Å². The average Bonchev–Trinajstić information content (AvgIpc) is 2.96. The number of amides is 2. The fourth-order valence-corrected chi connectivity index (χ4v) is 4.75. The van der Waals surface area contributed by atoms with E-state index in [4.69, 9.17) is 11.6 Å². The Bertz CT molecular complexity index is 1450. The molecule has 2 aromatic carbocycles. The predicted octanol–water partition coefficient (Wildman–Crippen LogP) is 3.16. The quantitative estimate of drug-likeness (QED) is 0.574. The van der Waals surface area contributed by atoms with Crippen LogP contribution < -0.4 is 10.7 Å². The van der Waals surface area contributed by atoms with Gasteiger partial charge in [-0.1, -0.05) is 17.7 Å². The molecule has 1 aromatic heterocycles. The van der Waals surface area contributed by atoms with Gasteiger partial charge in [-0.05, 0) is 29.7 Å². The van der Waals surface area contributed by atoms with Crippen LogP contribution in [0.4, 0.5) is 13.2 Å². The lowest BCUT2D eigenvalue weighted by molar-refractivity contribution is 0.0686. The second-order valence-electron chi connectivity index (χ2n) is 8.37. The van der Waals surface area contributed by atoms with Gasteiger partial charge < -0.3 is 19.9 Å². The van der Waals surface area contributed by atoms with Crippen molar-refractivity contribution in [1.82, 2.24) is 14.8 Å². The van der Waals surface area contributed by atoms with Crippen LogP contribution in [0.25, 0.3) is 0 Å². The summed E-state index contributed by atoms with van der Waals surface area (Å²) in [5, 5.41) is 13.3. The zero-order valence-electron chi connectivity index (χ0n) is 17.9. The Kier molecular flexibility index (Phi) is 5.55. The van der Waals surface area contributed by atoms with Crippen molar-refractivity contribution in [3.05, 3.63) is 97.2 Å². The molecule has 5 rings (SSSR count). The second-order valence-corrected chi connectivity index (χ2v) is 8.80. The summed E-state index contributed by atoms with van der Waals surface area (Å²) in [5.74, 6) is -6.01. The van der Waals surface area contributed by atoms with Gasteiger partial charge in [0, 0.05) is 48.5 Å². The fourth-order valence-electron chi connectivity index (χ4n) is 4.57. The number of carbonyl (C=O) groups is 2. The number of hydrogen-bond donors (Lipinski definition) is 2. The first-order chi connectivity index (χ1) is 16.7. The van der Waals surface area contributed by atoms with E-state index in [0.717, 1.165) is 17.3 Å². The van der Waals surface area contributed by atoms with E-state index < -0.39 is 64.2 Å². The molecule has 180 valence electrons. The molecule has 2 aliphatic heterocycles. The highest BCUT2D eigenvalue weighted by molar-refractivity contribution is 6.30. The number of nitrogens with one attached hydrogen (secondary N) is 1. The van der Waals surface area contributed by atoms with E-state index in [2.05, 4.69) is 5.32 Å². The van der Waals surface area contributed by atoms with Gasteiger partial charge in [-0.15, -0.1) is 0 Å². The van der Waals surface area contributed by atoms with Crippen molar-refractivity contribution in [3.8, 4) is 5.75 Å². The lowest BCUT2D eigenvalue weighted by Crippen LogP contribution is -2.45. The van der Waals surface area contributed by atoms with Crippen molar-refractivity contribution in [2.24, 2.45) is 0 Å². The van der Waals surface area contributed by atoms with Gasteiger partial charge in [-0.2, -0.15) is 0 Å². The summed E-state index contributed by atoms with van der Waals surface area (Å²) in [6.07, 6.45) is 1.69. The van der Waals surface area contributed by atoms with E-state index in [9.17, 15) is 32.7 Å². The van der Waals surface area contributed by atoms with Gasteiger partial charge in [0.05, 0.1) is 6.04 Å². The van der Waals surface area contributed by atoms with Crippen LogP contribution in [0, 0.1) is 17.5 Å². The Morgan fingerprint density at radius 1 is 1.14 bits per heavy atom. The number of aromatic hydroxyl groups is 1. The van der Waals surface area contributed by atoms with E-state index in [0.29, 0.717) is 30.1 Å². The number of pyridine rings is 1. The number of fused-ring (bicyclic) bond motifs is 6. The van der Waals surface area contributed by atoms with Crippen LogP contribution in [-0.2, 0) is 13.0 Å². The highest BCUT2D eigenvalue weighted by Crippen LogP contribution is 2.36. The maximum Gasteiger partial charge on any atom is 0.274 e. The first kappa shape index (κ1) is 23.0. The Morgan fingerprint density at radius 3 is 2.57 bits per heavy atom. The minimum atomic E-state index is -1.20.